The van der Waals surface area contributed by atoms with Gasteiger partial charge in [-0.2, -0.15) is 0 Å². The number of benzene rings is 1. The van der Waals surface area contributed by atoms with Crippen LogP contribution in [-0.2, 0) is 0 Å². The van der Waals surface area contributed by atoms with E-state index in [0.29, 0.717) is 0 Å². The van der Waals surface area contributed by atoms with E-state index < -0.39 is 14.6 Å². The van der Waals surface area contributed by atoms with Crippen LogP contribution in [0, 0.1) is 0 Å². The highest BCUT2D eigenvalue weighted by molar-refractivity contribution is 6.33. The molecule has 0 aliphatic rings. The molecule has 0 aromatic heterocycles. The average Bonchev–Trinajstić information content (AvgIpc) is 2.07. The van der Waals surface area contributed by atoms with Crippen LogP contribution in [0.5, 0.6) is 11.5 Å². The Labute approximate surface area is 86.2 Å². The molecule has 82 valence electrons. The quantitative estimate of drug-likeness (QED) is 0.306. The van der Waals surface area contributed by atoms with Crippen molar-refractivity contribution in [3.05, 3.63) is 24.3 Å². The number of phenolic OH excluding ortho intramolecular Hbond substituents is 1. The van der Waals surface area contributed by atoms with Gasteiger partial charge < -0.3 is 34.9 Å². The van der Waals surface area contributed by atoms with Crippen LogP contribution in [0.3, 0.4) is 0 Å². The minimum Gasteiger partial charge on any atom is -0.512 e. The van der Waals surface area contributed by atoms with Gasteiger partial charge in [-0.1, -0.05) is 0 Å². The van der Waals surface area contributed by atoms with Crippen LogP contribution in [-0.4, -0.2) is 44.9 Å². The SMILES string of the molecule is OB(O)O.OB(O)Oc1ccc(O)cc1. The molecule has 0 amide bonds. The fraction of sp³-hybridized carbons (Fsp3) is 0. The van der Waals surface area contributed by atoms with Crippen molar-refractivity contribution in [1.29, 1.82) is 0 Å². The Bertz CT molecular complexity index is 260. The molecule has 0 radical (unpaired) electrons. The normalized spacial score (nSPS) is 8.60. The standard InChI is InChI=1S/C6H7BO4.BH3O3/c8-5-1-3-6(4-2-5)11-7(9)10;2-1(3)4/h1-4,8-10H;2-4H. The van der Waals surface area contributed by atoms with E-state index in [9.17, 15) is 0 Å². The van der Waals surface area contributed by atoms with Crippen molar-refractivity contribution in [2.75, 3.05) is 0 Å². The van der Waals surface area contributed by atoms with Gasteiger partial charge in [0.15, 0.2) is 0 Å². The van der Waals surface area contributed by atoms with Gasteiger partial charge in [0.25, 0.3) is 0 Å². The van der Waals surface area contributed by atoms with Gasteiger partial charge in [0.2, 0.25) is 0 Å². The fourth-order valence-electron chi connectivity index (χ4n) is 0.646. The Morgan fingerprint density at radius 1 is 0.867 bits per heavy atom. The zero-order valence-corrected chi connectivity index (χ0v) is 7.56. The topological polar surface area (TPSA) is 131 Å². The first-order valence-electron chi connectivity index (χ1n) is 3.78. The summed E-state index contributed by atoms with van der Waals surface area (Å²) >= 11 is 0. The van der Waals surface area contributed by atoms with Crippen molar-refractivity contribution >= 4 is 14.6 Å². The second kappa shape index (κ2) is 7.10. The van der Waals surface area contributed by atoms with Gasteiger partial charge in [-0.25, -0.2) is 0 Å². The Kier molecular flexibility index (Phi) is 6.50. The van der Waals surface area contributed by atoms with Crippen LogP contribution >= 0.6 is 0 Å². The number of phenols is 1. The molecule has 0 saturated heterocycles. The maximum absolute atomic E-state index is 8.81. The van der Waals surface area contributed by atoms with E-state index in [1.54, 1.807) is 0 Å². The van der Waals surface area contributed by atoms with E-state index >= 15 is 0 Å². The van der Waals surface area contributed by atoms with Crippen LogP contribution in [0.25, 0.3) is 0 Å². The van der Waals surface area contributed by atoms with E-state index in [1.807, 2.05) is 0 Å². The molecule has 7 nitrogen and oxygen atoms in total. The molecule has 0 unspecified atom stereocenters. The third-order valence-electron chi connectivity index (χ3n) is 1.08. The van der Waals surface area contributed by atoms with Crippen molar-refractivity contribution in [3.63, 3.8) is 0 Å². The molecule has 0 spiro atoms. The van der Waals surface area contributed by atoms with Gasteiger partial charge in [-0.15, -0.1) is 0 Å². The van der Waals surface area contributed by atoms with Crippen molar-refractivity contribution in [2.24, 2.45) is 0 Å². The van der Waals surface area contributed by atoms with E-state index in [-0.39, 0.29) is 11.5 Å². The summed E-state index contributed by atoms with van der Waals surface area (Å²) in [5.74, 6) is 0.391. The molecule has 0 heterocycles. The zero-order chi connectivity index (χ0) is 11.8. The van der Waals surface area contributed by atoms with Crippen molar-refractivity contribution in [2.45, 2.75) is 0 Å². The molecule has 15 heavy (non-hydrogen) atoms. The van der Waals surface area contributed by atoms with Crippen LogP contribution < -0.4 is 4.65 Å². The number of hydrogen-bond acceptors (Lipinski definition) is 7. The van der Waals surface area contributed by atoms with Gasteiger partial charge in [0, 0.05) is 0 Å². The smallest absolute Gasteiger partial charge is 0.512 e. The molecule has 0 saturated carbocycles. The summed E-state index contributed by atoms with van der Waals surface area (Å²) in [6.07, 6.45) is 0. The maximum atomic E-state index is 8.81. The van der Waals surface area contributed by atoms with Crippen LogP contribution in [0.15, 0.2) is 24.3 Å². The number of aromatic hydroxyl groups is 1. The summed E-state index contributed by atoms with van der Waals surface area (Å²) in [6.45, 7) is 0. The minimum atomic E-state index is -2.17. The lowest BCUT2D eigenvalue weighted by Crippen LogP contribution is -2.20. The van der Waals surface area contributed by atoms with Gasteiger partial charge in [0.05, 0.1) is 0 Å². The minimum absolute atomic E-state index is 0.102. The van der Waals surface area contributed by atoms with Crippen LogP contribution in [0.4, 0.5) is 0 Å². The Hall–Kier alpha value is -1.25. The average molecular weight is 216 g/mol. The second-order valence-corrected chi connectivity index (χ2v) is 2.28. The third kappa shape index (κ3) is 9.06. The van der Waals surface area contributed by atoms with Gasteiger partial charge >= 0.3 is 14.6 Å². The molecular weight excluding hydrogens is 206 g/mol. The largest absolute Gasteiger partial charge is 0.707 e. The summed E-state index contributed by atoms with van der Waals surface area (Å²) in [5.41, 5.74) is 0. The first-order valence-corrected chi connectivity index (χ1v) is 3.78. The maximum Gasteiger partial charge on any atom is 0.707 e. The van der Waals surface area contributed by atoms with E-state index in [4.69, 9.17) is 30.2 Å². The molecule has 0 aliphatic heterocycles. The molecule has 0 bridgehead atoms. The first-order chi connectivity index (χ1) is 6.91. The molecule has 0 atom stereocenters. The molecule has 0 aliphatic carbocycles. The second-order valence-electron chi connectivity index (χ2n) is 2.28. The lowest BCUT2D eigenvalue weighted by molar-refractivity contribution is 0.278. The monoisotopic (exact) mass is 216 g/mol. The lowest BCUT2D eigenvalue weighted by atomic mass is 10.2. The zero-order valence-electron chi connectivity index (χ0n) is 7.56. The molecule has 1 aromatic rings. The van der Waals surface area contributed by atoms with Crippen LogP contribution in [0.2, 0.25) is 0 Å². The lowest BCUT2D eigenvalue weighted by Gasteiger charge is -2.02. The Morgan fingerprint density at radius 2 is 1.27 bits per heavy atom. The molecule has 6 N–H and O–H groups in total. The highest BCUT2D eigenvalue weighted by atomic mass is 16.6. The van der Waals surface area contributed by atoms with Gasteiger partial charge in [0.1, 0.15) is 11.5 Å². The summed E-state index contributed by atoms with van der Waals surface area (Å²) in [4.78, 5) is 0. The summed E-state index contributed by atoms with van der Waals surface area (Å²) in [5, 5.41) is 47.0. The number of rotatable bonds is 2. The van der Waals surface area contributed by atoms with E-state index in [1.165, 1.54) is 24.3 Å². The van der Waals surface area contributed by atoms with Gasteiger partial charge in [-0.3, -0.25) is 0 Å². The molecule has 9 heteroatoms. The van der Waals surface area contributed by atoms with Crippen molar-refractivity contribution in [3.8, 4) is 11.5 Å². The van der Waals surface area contributed by atoms with Crippen molar-refractivity contribution < 1.29 is 34.9 Å². The summed E-state index contributed by atoms with van der Waals surface area (Å²) < 4.78 is 4.47. The van der Waals surface area contributed by atoms with E-state index in [2.05, 4.69) is 4.65 Å². The highest BCUT2D eigenvalue weighted by Gasteiger charge is 2.10. The molecule has 0 fully saturated rings. The Balaban J connectivity index is 0.000000423. The van der Waals surface area contributed by atoms with Crippen LogP contribution in [0.1, 0.15) is 0 Å². The van der Waals surface area contributed by atoms with Crippen molar-refractivity contribution in [1.82, 2.24) is 0 Å². The predicted molar refractivity (Wildman–Crippen MR) is 51.3 cm³/mol. The third-order valence-corrected chi connectivity index (χ3v) is 1.08. The van der Waals surface area contributed by atoms with E-state index in [0.717, 1.165) is 0 Å². The molecule has 1 aromatic carbocycles. The highest BCUT2D eigenvalue weighted by Crippen LogP contribution is 2.15. The number of hydrogen-bond donors (Lipinski definition) is 6. The Morgan fingerprint density at radius 3 is 1.60 bits per heavy atom. The predicted octanol–water partition coefficient (Wildman–Crippen LogP) is -2.31. The molecule has 1 rings (SSSR count). The molecular formula is C6H10B2O7. The summed E-state index contributed by atoms with van der Waals surface area (Å²) in [7, 11) is -3.99. The first kappa shape index (κ1) is 13.7. The fourth-order valence-corrected chi connectivity index (χ4v) is 0.646. The van der Waals surface area contributed by atoms with Gasteiger partial charge in [-0.05, 0) is 24.3 Å². The summed E-state index contributed by atoms with van der Waals surface area (Å²) in [6, 6.07) is 5.62.